The van der Waals surface area contributed by atoms with Crippen molar-refractivity contribution in [2.24, 2.45) is 0 Å². The van der Waals surface area contributed by atoms with Gasteiger partial charge in [-0.2, -0.15) is 0 Å². The van der Waals surface area contributed by atoms with Crippen molar-refractivity contribution in [3.8, 4) is 0 Å². The third-order valence-corrected chi connectivity index (χ3v) is 2.12. The molecular weight excluding hydrogens is 194 g/mol. The number of rotatable bonds is 2. The Hall–Kier alpha value is -1.27. The van der Waals surface area contributed by atoms with E-state index >= 15 is 0 Å². The van der Waals surface area contributed by atoms with Crippen LogP contribution in [0.4, 0.5) is 0 Å². The zero-order chi connectivity index (χ0) is 10.0. The first-order valence-electron chi connectivity index (χ1n) is 3.33. The molecule has 0 aromatic carbocycles. The van der Waals surface area contributed by atoms with Gasteiger partial charge in [-0.1, -0.05) is 0 Å². The Bertz CT molecular complexity index is 377. The van der Waals surface area contributed by atoms with Crippen molar-refractivity contribution < 1.29 is 18.7 Å². The highest BCUT2D eigenvalue weighted by Crippen LogP contribution is 2.10. The second-order valence-electron chi connectivity index (χ2n) is 2.36. The van der Waals surface area contributed by atoms with Crippen molar-refractivity contribution in [3.05, 3.63) is 23.5 Å². The minimum absolute atomic E-state index is 0.0111. The lowest BCUT2D eigenvalue weighted by Crippen LogP contribution is -2.03. The zero-order valence-electron chi connectivity index (χ0n) is 6.72. The minimum atomic E-state index is -2.19. The van der Waals surface area contributed by atoms with Crippen molar-refractivity contribution in [2.75, 3.05) is 0 Å². The molecule has 1 atom stereocenters. The number of hydrogen-bond donors (Lipinski definition) is 2. The number of carbonyl (C=O) groups is 1. The van der Waals surface area contributed by atoms with E-state index in [0.717, 1.165) is 6.07 Å². The SMILES string of the molecule is Cc1ncc(S(=O)O)cc1C(=O)O. The van der Waals surface area contributed by atoms with E-state index < -0.39 is 17.0 Å². The molecule has 0 aliphatic heterocycles. The normalized spacial score (nSPS) is 12.5. The first-order chi connectivity index (χ1) is 6.02. The molecule has 6 heteroatoms. The van der Waals surface area contributed by atoms with Gasteiger partial charge in [0.25, 0.3) is 0 Å². The zero-order valence-corrected chi connectivity index (χ0v) is 7.54. The van der Waals surface area contributed by atoms with E-state index in [1.54, 1.807) is 0 Å². The summed E-state index contributed by atoms with van der Waals surface area (Å²) in [6.45, 7) is 1.52. The Balaban J connectivity index is 3.27. The van der Waals surface area contributed by atoms with Crippen LogP contribution in [0, 0.1) is 6.92 Å². The van der Waals surface area contributed by atoms with Crippen LogP contribution in [-0.4, -0.2) is 24.8 Å². The fourth-order valence-corrected chi connectivity index (χ4v) is 1.19. The van der Waals surface area contributed by atoms with Crippen LogP contribution < -0.4 is 0 Å². The molecule has 0 aliphatic rings. The molecule has 0 aliphatic carbocycles. The second kappa shape index (κ2) is 3.63. The fourth-order valence-electron chi connectivity index (χ4n) is 0.826. The van der Waals surface area contributed by atoms with Gasteiger partial charge in [-0.25, -0.2) is 9.00 Å². The van der Waals surface area contributed by atoms with Gasteiger partial charge in [-0.15, -0.1) is 0 Å². The number of carboxylic acids is 1. The molecule has 1 heterocycles. The summed E-state index contributed by atoms with van der Waals surface area (Å²) in [7, 11) is 0. The van der Waals surface area contributed by atoms with Gasteiger partial charge in [0.2, 0.25) is 0 Å². The molecule has 0 saturated heterocycles. The number of pyridine rings is 1. The molecule has 0 fully saturated rings. The van der Waals surface area contributed by atoms with Crippen LogP contribution >= 0.6 is 0 Å². The monoisotopic (exact) mass is 201 g/mol. The number of aromatic carboxylic acids is 1. The maximum Gasteiger partial charge on any atom is 0.337 e. The lowest BCUT2D eigenvalue weighted by Gasteiger charge is -2.00. The highest BCUT2D eigenvalue weighted by atomic mass is 32.2. The third-order valence-electron chi connectivity index (χ3n) is 1.49. The number of aromatic nitrogens is 1. The first-order valence-corrected chi connectivity index (χ1v) is 4.44. The molecule has 0 spiro atoms. The van der Waals surface area contributed by atoms with Crippen LogP contribution in [0.15, 0.2) is 17.2 Å². The van der Waals surface area contributed by atoms with Gasteiger partial charge < -0.3 is 9.66 Å². The van der Waals surface area contributed by atoms with Gasteiger partial charge >= 0.3 is 5.97 Å². The molecule has 1 aromatic rings. The standard InChI is InChI=1S/C7H7NO4S/c1-4-6(7(9)10)2-5(3-8-4)13(11)12/h2-3H,1H3,(H,9,10)(H,11,12). The van der Waals surface area contributed by atoms with Gasteiger partial charge in [0.15, 0.2) is 11.1 Å². The molecule has 2 N–H and O–H groups in total. The third kappa shape index (κ3) is 2.10. The van der Waals surface area contributed by atoms with E-state index in [1.807, 2.05) is 0 Å². The van der Waals surface area contributed by atoms with Crippen LogP contribution in [0.2, 0.25) is 0 Å². The summed E-state index contributed by atoms with van der Waals surface area (Å²) in [6.07, 6.45) is 1.18. The molecule has 1 rings (SSSR count). The summed E-state index contributed by atoms with van der Waals surface area (Å²) in [4.78, 5) is 14.3. The molecule has 5 nitrogen and oxygen atoms in total. The Morgan fingerprint density at radius 2 is 2.23 bits per heavy atom. The van der Waals surface area contributed by atoms with Gasteiger partial charge in [0, 0.05) is 6.20 Å². The predicted octanol–water partition coefficient (Wildman–Crippen LogP) is 0.669. The van der Waals surface area contributed by atoms with Crippen molar-refractivity contribution in [3.63, 3.8) is 0 Å². The molecule has 70 valence electrons. The van der Waals surface area contributed by atoms with E-state index in [1.165, 1.54) is 13.1 Å². The summed E-state index contributed by atoms with van der Waals surface area (Å²) in [5.74, 6) is -1.16. The smallest absolute Gasteiger partial charge is 0.337 e. The van der Waals surface area contributed by atoms with Crippen molar-refractivity contribution in [1.82, 2.24) is 4.98 Å². The van der Waals surface area contributed by atoms with Crippen LogP contribution in [0.1, 0.15) is 16.1 Å². The van der Waals surface area contributed by atoms with Crippen LogP contribution in [0.5, 0.6) is 0 Å². The topological polar surface area (TPSA) is 87.5 Å². The second-order valence-corrected chi connectivity index (χ2v) is 3.33. The first kappa shape index (κ1) is 9.82. The molecule has 1 unspecified atom stereocenters. The molecule has 0 amide bonds. The van der Waals surface area contributed by atoms with Crippen LogP contribution in [-0.2, 0) is 11.1 Å². The van der Waals surface area contributed by atoms with E-state index in [4.69, 9.17) is 9.66 Å². The van der Waals surface area contributed by atoms with Gasteiger partial charge in [0.05, 0.1) is 16.2 Å². The highest BCUT2D eigenvalue weighted by molar-refractivity contribution is 7.79. The largest absolute Gasteiger partial charge is 0.478 e. The average molecular weight is 201 g/mol. The molecule has 0 radical (unpaired) electrons. The summed E-state index contributed by atoms with van der Waals surface area (Å²) < 4.78 is 19.2. The lowest BCUT2D eigenvalue weighted by molar-refractivity contribution is 0.0695. The minimum Gasteiger partial charge on any atom is -0.478 e. The van der Waals surface area contributed by atoms with Crippen molar-refractivity contribution >= 4 is 17.0 Å². The Morgan fingerprint density at radius 3 is 2.69 bits per heavy atom. The van der Waals surface area contributed by atoms with Gasteiger partial charge in [-0.05, 0) is 13.0 Å². The van der Waals surface area contributed by atoms with E-state index in [0.29, 0.717) is 5.69 Å². The van der Waals surface area contributed by atoms with Crippen molar-refractivity contribution in [1.29, 1.82) is 0 Å². The van der Waals surface area contributed by atoms with Crippen LogP contribution in [0.25, 0.3) is 0 Å². The summed E-state index contributed by atoms with van der Waals surface area (Å²) in [5, 5.41) is 8.65. The summed E-state index contributed by atoms with van der Waals surface area (Å²) in [6, 6.07) is 1.14. The maximum atomic E-state index is 10.6. The number of carboxylic acid groups (broad SMARTS) is 1. The molecule has 0 bridgehead atoms. The number of hydrogen-bond acceptors (Lipinski definition) is 3. The van der Waals surface area contributed by atoms with E-state index in [-0.39, 0.29) is 10.5 Å². The molecular formula is C7H7NO4S. The Morgan fingerprint density at radius 1 is 1.62 bits per heavy atom. The van der Waals surface area contributed by atoms with E-state index in [2.05, 4.69) is 4.98 Å². The molecule has 13 heavy (non-hydrogen) atoms. The molecule has 1 aromatic heterocycles. The summed E-state index contributed by atoms with van der Waals surface area (Å²) >= 11 is -2.19. The maximum absolute atomic E-state index is 10.6. The number of aryl methyl sites for hydroxylation is 1. The van der Waals surface area contributed by atoms with E-state index in [9.17, 15) is 9.00 Å². The predicted molar refractivity (Wildman–Crippen MR) is 45.0 cm³/mol. The van der Waals surface area contributed by atoms with Crippen molar-refractivity contribution in [2.45, 2.75) is 11.8 Å². The summed E-state index contributed by atoms with van der Waals surface area (Å²) in [5.41, 5.74) is 0.265. The van der Waals surface area contributed by atoms with Gasteiger partial charge in [-0.3, -0.25) is 4.98 Å². The quantitative estimate of drug-likeness (QED) is 0.686. The number of nitrogens with zero attached hydrogens (tertiary/aromatic N) is 1. The lowest BCUT2D eigenvalue weighted by atomic mass is 10.2. The Kier molecular flexibility index (Phi) is 2.74. The Labute approximate surface area is 76.7 Å². The van der Waals surface area contributed by atoms with Crippen LogP contribution in [0.3, 0.4) is 0 Å². The average Bonchev–Trinajstić information content (AvgIpc) is 2.04. The van der Waals surface area contributed by atoms with Gasteiger partial charge in [0.1, 0.15) is 0 Å². The fraction of sp³-hybridized carbons (Fsp3) is 0.143. The highest BCUT2D eigenvalue weighted by Gasteiger charge is 2.11. The molecule has 0 saturated carbocycles.